The number of hydrogen-bond donors (Lipinski definition) is 2. The predicted molar refractivity (Wildman–Crippen MR) is 69.6 cm³/mol. The summed E-state index contributed by atoms with van der Waals surface area (Å²) < 4.78 is 0.903. The molecule has 1 aromatic heterocycles. The lowest BCUT2D eigenvalue weighted by molar-refractivity contribution is -0.0286. The zero-order valence-corrected chi connectivity index (χ0v) is 11.5. The molecule has 0 bridgehead atoms. The van der Waals surface area contributed by atoms with Crippen LogP contribution in [0.15, 0.2) is 15.2 Å². The molecule has 2 unspecified atom stereocenters. The molecule has 4 heteroatoms. The van der Waals surface area contributed by atoms with E-state index in [0.29, 0.717) is 0 Å². The van der Waals surface area contributed by atoms with Crippen molar-refractivity contribution >= 4 is 27.3 Å². The molecule has 0 spiro atoms. The predicted octanol–water partition coefficient (Wildman–Crippen LogP) is 3.49. The van der Waals surface area contributed by atoms with Crippen LogP contribution in [0, 0.1) is 5.92 Å². The SMILES string of the molecule is OC(c1cscc1Br)C(O)C1CCCCC1. The maximum atomic E-state index is 10.2. The topological polar surface area (TPSA) is 40.5 Å². The summed E-state index contributed by atoms with van der Waals surface area (Å²) in [6.07, 6.45) is 4.34. The fourth-order valence-electron chi connectivity index (χ4n) is 2.42. The monoisotopic (exact) mass is 304 g/mol. The van der Waals surface area contributed by atoms with Gasteiger partial charge in [0, 0.05) is 15.4 Å². The Morgan fingerprint density at radius 2 is 1.88 bits per heavy atom. The summed E-state index contributed by atoms with van der Waals surface area (Å²) in [5.41, 5.74) is 0.822. The standard InChI is InChI=1S/C12H17BrO2S/c13-10-7-16-6-9(10)12(15)11(14)8-4-2-1-3-5-8/h6-8,11-12,14-15H,1-5H2. The highest BCUT2D eigenvalue weighted by atomic mass is 79.9. The second-order valence-corrected chi connectivity index (χ2v) is 6.11. The average Bonchev–Trinajstić information content (AvgIpc) is 2.75. The van der Waals surface area contributed by atoms with Crippen LogP contribution in [-0.2, 0) is 0 Å². The van der Waals surface area contributed by atoms with Gasteiger partial charge >= 0.3 is 0 Å². The fraction of sp³-hybridized carbons (Fsp3) is 0.667. The van der Waals surface area contributed by atoms with Crippen molar-refractivity contribution in [2.24, 2.45) is 5.92 Å². The van der Waals surface area contributed by atoms with Crippen molar-refractivity contribution in [1.82, 2.24) is 0 Å². The average molecular weight is 305 g/mol. The van der Waals surface area contributed by atoms with E-state index in [2.05, 4.69) is 15.9 Å². The third-order valence-electron chi connectivity index (χ3n) is 3.42. The first-order chi connectivity index (χ1) is 7.70. The Labute approximate surface area is 108 Å². The minimum Gasteiger partial charge on any atom is -0.390 e. The summed E-state index contributed by atoms with van der Waals surface area (Å²) in [6.45, 7) is 0. The van der Waals surface area contributed by atoms with Gasteiger partial charge in [0.05, 0.1) is 6.10 Å². The normalized spacial score (nSPS) is 21.9. The molecule has 1 saturated carbocycles. The first-order valence-electron chi connectivity index (χ1n) is 5.78. The van der Waals surface area contributed by atoms with Crippen molar-refractivity contribution in [3.63, 3.8) is 0 Å². The van der Waals surface area contributed by atoms with E-state index < -0.39 is 12.2 Å². The van der Waals surface area contributed by atoms with Gasteiger partial charge in [0.25, 0.3) is 0 Å². The van der Waals surface area contributed by atoms with Crippen molar-refractivity contribution < 1.29 is 10.2 Å². The van der Waals surface area contributed by atoms with Gasteiger partial charge in [0.2, 0.25) is 0 Å². The molecule has 2 rings (SSSR count). The number of thiophene rings is 1. The number of halogens is 1. The van der Waals surface area contributed by atoms with E-state index in [0.717, 1.165) is 22.9 Å². The second kappa shape index (κ2) is 5.63. The molecule has 1 aliphatic rings. The molecular formula is C12H17BrO2S. The molecule has 1 aliphatic carbocycles. The van der Waals surface area contributed by atoms with E-state index >= 15 is 0 Å². The first-order valence-corrected chi connectivity index (χ1v) is 7.51. The Morgan fingerprint density at radius 3 is 2.44 bits per heavy atom. The highest BCUT2D eigenvalue weighted by Crippen LogP contribution is 2.35. The van der Waals surface area contributed by atoms with Crippen LogP contribution < -0.4 is 0 Å². The van der Waals surface area contributed by atoms with Crippen molar-refractivity contribution in [2.75, 3.05) is 0 Å². The number of aliphatic hydroxyl groups is 2. The van der Waals surface area contributed by atoms with Crippen LogP contribution in [0.5, 0.6) is 0 Å². The van der Waals surface area contributed by atoms with Crippen molar-refractivity contribution in [3.8, 4) is 0 Å². The Balaban J connectivity index is 2.03. The van der Waals surface area contributed by atoms with Crippen LogP contribution in [-0.4, -0.2) is 16.3 Å². The van der Waals surface area contributed by atoms with E-state index in [-0.39, 0.29) is 5.92 Å². The third-order valence-corrected chi connectivity index (χ3v) is 5.17. The fourth-order valence-corrected chi connectivity index (χ4v) is 3.98. The third kappa shape index (κ3) is 2.67. The van der Waals surface area contributed by atoms with E-state index in [1.165, 1.54) is 19.3 Å². The summed E-state index contributed by atoms with van der Waals surface area (Å²) in [7, 11) is 0. The van der Waals surface area contributed by atoms with Crippen LogP contribution in [0.25, 0.3) is 0 Å². The van der Waals surface area contributed by atoms with Crippen molar-refractivity contribution in [1.29, 1.82) is 0 Å². The van der Waals surface area contributed by atoms with E-state index in [1.54, 1.807) is 11.3 Å². The van der Waals surface area contributed by atoms with E-state index in [4.69, 9.17) is 0 Å². The Kier molecular flexibility index (Phi) is 4.41. The first kappa shape index (κ1) is 12.6. The maximum absolute atomic E-state index is 10.2. The highest BCUT2D eigenvalue weighted by molar-refractivity contribution is 9.10. The molecule has 1 heterocycles. The van der Waals surface area contributed by atoms with Gasteiger partial charge in [0.1, 0.15) is 6.10 Å². The zero-order valence-electron chi connectivity index (χ0n) is 9.10. The number of aliphatic hydroxyl groups excluding tert-OH is 2. The lowest BCUT2D eigenvalue weighted by Gasteiger charge is -2.29. The summed E-state index contributed by atoms with van der Waals surface area (Å²) in [5.74, 6) is 0.260. The number of rotatable bonds is 3. The lowest BCUT2D eigenvalue weighted by Crippen LogP contribution is -2.29. The summed E-state index contributed by atoms with van der Waals surface area (Å²) in [6, 6.07) is 0. The molecule has 90 valence electrons. The van der Waals surface area contributed by atoms with Crippen molar-refractivity contribution in [2.45, 2.75) is 44.3 Å². The zero-order chi connectivity index (χ0) is 11.5. The van der Waals surface area contributed by atoms with Gasteiger partial charge in [-0.2, -0.15) is 11.3 Å². The van der Waals surface area contributed by atoms with Gasteiger partial charge in [-0.15, -0.1) is 0 Å². The van der Waals surface area contributed by atoms with Gasteiger partial charge in [-0.3, -0.25) is 0 Å². The van der Waals surface area contributed by atoms with Gasteiger partial charge in [-0.05, 0) is 40.1 Å². The molecule has 0 aliphatic heterocycles. The second-order valence-electron chi connectivity index (χ2n) is 4.51. The van der Waals surface area contributed by atoms with Gasteiger partial charge < -0.3 is 10.2 Å². The Hall–Kier alpha value is 0.1000. The van der Waals surface area contributed by atoms with Crippen LogP contribution >= 0.6 is 27.3 Å². The van der Waals surface area contributed by atoms with Crippen LogP contribution in [0.2, 0.25) is 0 Å². The molecule has 1 aromatic rings. The molecule has 2 nitrogen and oxygen atoms in total. The summed E-state index contributed by atoms with van der Waals surface area (Å²) in [4.78, 5) is 0. The van der Waals surface area contributed by atoms with Gasteiger partial charge in [0.15, 0.2) is 0 Å². The molecule has 0 radical (unpaired) electrons. The Morgan fingerprint density at radius 1 is 1.19 bits per heavy atom. The molecule has 2 N–H and O–H groups in total. The summed E-state index contributed by atoms with van der Waals surface area (Å²) >= 11 is 4.94. The minimum atomic E-state index is -0.747. The van der Waals surface area contributed by atoms with Crippen LogP contribution in [0.4, 0.5) is 0 Å². The molecule has 16 heavy (non-hydrogen) atoms. The smallest absolute Gasteiger partial charge is 0.107 e. The quantitative estimate of drug-likeness (QED) is 0.897. The minimum absolute atomic E-state index is 0.260. The molecule has 0 aromatic carbocycles. The van der Waals surface area contributed by atoms with Crippen LogP contribution in [0.1, 0.15) is 43.8 Å². The largest absolute Gasteiger partial charge is 0.390 e. The number of hydrogen-bond acceptors (Lipinski definition) is 3. The Bertz CT molecular complexity index is 334. The maximum Gasteiger partial charge on any atom is 0.107 e. The lowest BCUT2D eigenvalue weighted by atomic mass is 9.82. The molecule has 0 saturated heterocycles. The van der Waals surface area contributed by atoms with E-state index in [9.17, 15) is 10.2 Å². The van der Waals surface area contributed by atoms with Crippen LogP contribution in [0.3, 0.4) is 0 Å². The van der Waals surface area contributed by atoms with Crippen molar-refractivity contribution in [3.05, 3.63) is 20.8 Å². The van der Waals surface area contributed by atoms with E-state index in [1.807, 2.05) is 10.8 Å². The van der Waals surface area contributed by atoms with Gasteiger partial charge in [-0.1, -0.05) is 19.3 Å². The highest BCUT2D eigenvalue weighted by Gasteiger charge is 2.29. The molecule has 1 fully saturated rings. The molecule has 2 atom stereocenters. The summed E-state index contributed by atoms with van der Waals surface area (Å²) in [5, 5.41) is 24.2. The molecular weight excluding hydrogens is 288 g/mol. The van der Waals surface area contributed by atoms with Gasteiger partial charge in [-0.25, -0.2) is 0 Å². The molecule has 0 amide bonds.